The summed E-state index contributed by atoms with van der Waals surface area (Å²) >= 11 is 0. The van der Waals surface area contributed by atoms with E-state index in [9.17, 15) is 9.59 Å². The van der Waals surface area contributed by atoms with E-state index in [-0.39, 0.29) is 23.5 Å². The molecule has 0 spiro atoms. The molecule has 3 fully saturated rings. The summed E-state index contributed by atoms with van der Waals surface area (Å²) in [6.07, 6.45) is 13.4. The Kier molecular flexibility index (Phi) is 10.4. The summed E-state index contributed by atoms with van der Waals surface area (Å²) in [5.74, 6) is 2.54. The third-order valence-corrected chi connectivity index (χ3v) is 12.4. The van der Waals surface area contributed by atoms with Gasteiger partial charge >= 0.3 is 11.9 Å². The summed E-state index contributed by atoms with van der Waals surface area (Å²) in [4.78, 5) is 28.9. The van der Waals surface area contributed by atoms with E-state index >= 15 is 0 Å². The minimum absolute atomic E-state index is 0.00250. The van der Waals surface area contributed by atoms with Gasteiger partial charge in [0.05, 0.1) is 18.9 Å². The molecule has 0 radical (unpaired) electrons. The summed E-state index contributed by atoms with van der Waals surface area (Å²) in [5, 5.41) is 4.66. The van der Waals surface area contributed by atoms with Crippen LogP contribution in [-0.4, -0.2) is 56.0 Å². The predicted octanol–water partition coefficient (Wildman–Crippen LogP) is 7.33. The number of fused-ring (bicyclic) bond motifs is 5. The van der Waals surface area contributed by atoms with Crippen molar-refractivity contribution in [1.82, 2.24) is 0 Å². The van der Waals surface area contributed by atoms with Crippen LogP contribution in [0.5, 0.6) is 5.75 Å². The highest BCUT2D eigenvalue weighted by molar-refractivity contribution is 5.85. The minimum Gasteiger partial charge on any atom is -0.497 e. The van der Waals surface area contributed by atoms with Gasteiger partial charge in [0.25, 0.3) is 0 Å². The fourth-order valence-corrected chi connectivity index (χ4v) is 9.95. The number of carbonyl (C=O) groups is 2. The summed E-state index contributed by atoms with van der Waals surface area (Å²) < 4.78 is 28.5. The molecule has 0 N–H and O–H groups in total. The van der Waals surface area contributed by atoms with Crippen LogP contribution >= 0.6 is 0 Å². The second-order valence-corrected chi connectivity index (χ2v) is 15.1. The van der Waals surface area contributed by atoms with E-state index in [0.717, 1.165) is 42.7 Å². The molecule has 0 amide bonds. The Morgan fingerprint density at radius 2 is 1.75 bits per heavy atom. The molecule has 1 aliphatic heterocycles. The maximum Gasteiger partial charge on any atom is 0.303 e. The SMILES string of the molecule is COc1ccc(CO/N=C(\C)[C@H]2CCC3C4CC=C5CC(OC6C=C[C@H](OC(C)=O)[C@@H](COC(C)=O)O6)CC[C@]5(C)C4CC[C@@]32C)cc1. The molecule has 262 valence electrons. The van der Waals surface area contributed by atoms with Gasteiger partial charge in [-0.2, -0.15) is 0 Å². The number of allylic oxidation sites excluding steroid dienone is 1. The van der Waals surface area contributed by atoms with E-state index in [1.807, 2.05) is 30.3 Å². The first-order chi connectivity index (χ1) is 23.0. The summed E-state index contributed by atoms with van der Waals surface area (Å²) in [5.41, 5.74) is 4.19. The molecule has 4 aliphatic carbocycles. The van der Waals surface area contributed by atoms with Gasteiger partial charge in [-0.15, -0.1) is 0 Å². The Balaban J connectivity index is 1.07. The first kappa shape index (κ1) is 34.7. The standard InChI is InChI=1S/C39H53NO8/c1-24(40-45-22-27-7-10-29(43-6)11-8-27)32-13-14-33-31-12-9-28-21-30(17-19-38(28,4)34(31)18-20-39(32,33)5)47-37-16-15-35(46-26(3)42)36(48-37)23-44-25(2)41/h7-11,15-16,30-37H,12-14,17-23H2,1-6H3/b40-24+/t30?,31?,32-,33?,34?,35+,36-,37?,38+,39-/m1/s1. The number of hydrogen-bond donors (Lipinski definition) is 0. The molecule has 5 unspecified atom stereocenters. The lowest BCUT2D eigenvalue weighted by Gasteiger charge is -2.58. The van der Waals surface area contributed by atoms with E-state index < -0.39 is 30.4 Å². The average Bonchev–Trinajstić information content (AvgIpc) is 3.42. The molecule has 1 heterocycles. The molecule has 0 saturated heterocycles. The number of methoxy groups -OCH3 is 1. The molecule has 0 bridgehead atoms. The molecule has 9 heteroatoms. The zero-order valence-corrected chi connectivity index (χ0v) is 29.4. The van der Waals surface area contributed by atoms with Gasteiger partial charge in [0.2, 0.25) is 0 Å². The van der Waals surface area contributed by atoms with Crippen LogP contribution in [0.25, 0.3) is 0 Å². The van der Waals surface area contributed by atoms with E-state index in [4.69, 9.17) is 28.5 Å². The van der Waals surface area contributed by atoms with Gasteiger partial charge in [0, 0.05) is 19.8 Å². The lowest BCUT2D eigenvalue weighted by Crippen LogP contribution is -2.51. The first-order valence-corrected chi connectivity index (χ1v) is 17.8. The fourth-order valence-electron chi connectivity index (χ4n) is 9.95. The molecule has 9 nitrogen and oxygen atoms in total. The van der Waals surface area contributed by atoms with Gasteiger partial charge in [-0.05, 0) is 117 Å². The van der Waals surface area contributed by atoms with Crippen molar-refractivity contribution in [2.45, 2.75) is 117 Å². The Morgan fingerprint density at radius 1 is 0.958 bits per heavy atom. The smallest absolute Gasteiger partial charge is 0.303 e. The van der Waals surface area contributed by atoms with E-state index in [0.29, 0.717) is 30.3 Å². The number of carbonyl (C=O) groups excluding carboxylic acids is 2. The highest BCUT2D eigenvalue weighted by atomic mass is 16.7. The van der Waals surface area contributed by atoms with Crippen LogP contribution in [0.1, 0.15) is 91.5 Å². The van der Waals surface area contributed by atoms with Gasteiger partial charge in [-0.25, -0.2) is 0 Å². The monoisotopic (exact) mass is 663 g/mol. The van der Waals surface area contributed by atoms with Gasteiger partial charge in [-0.3, -0.25) is 9.59 Å². The van der Waals surface area contributed by atoms with Crippen LogP contribution < -0.4 is 4.74 Å². The summed E-state index contributed by atoms with van der Waals surface area (Å²) in [6, 6.07) is 7.96. The largest absolute Gasteiger partial charge is 0.497 e. The summed E-state index contributed by atoms with van der Waals surface area (Å²) in [6.45, 7) is 10.4. The lowest BCUT2D eigenvalue weighted by atomic mass is 9.47. The fraction of sp³-hybridized carbons (Fsp3) is 0.667. The number of benzene rings is 1. The van der Waals surface area contributed by atoms with E-state index in [1.54, 1.807) is 13.2 Å². The molecule has 1 aromatic rings. The average molecular weight is 664 g/mol. The molecule has 5 aliphatic rings. The Hall–Kier alpha value is -3.17. The number of ether oxygens (including phenoxy) is 5. The number of nitrogens with zero attached hydrogens (tertiary/aromatic N) is 1. The van der Waals surface area contributed by atoms with Crippen molar-refractivity contribution in [3.63, 3.8) is 0 Å². The Morgan fingerprint density at radius 3 is 2.48 bits per heavy atom. The molecule has 1 aromatic carbocycles. The van der Waals surface area contributed by atoms with Crippen LogP contribution in [0, 0.1) is 34.5 Å². The van der Waals surface area contributed by atoms with Crippen LogP contribution in [-0.2, 0) is 40.0 Å². The molecule has 48 heavy (non-hydrogen) atoms. The van der Waals surface area contributed by atoms with E-state index in [1.165, 1.54) is 45.1 Å². The molecular weight excluding hydrogens is 610 g/mol. The van der Waals surface area contributed by atoms with Crippen molar-refractivity contribution in [2.24, 2.45) is 39.7 Å². The molecule has 10 atom stereocenters. The predicted molar refractivity (Wildman–Crippen MR) is 181 cm³/mol. The molecule has 3 saturated carbocycles. The quantitative estimate of drug-likeness (QED) is 0.111. The topological polar surface area (TPSA) is 102 Å². The third-order valence-electron chi connectivity index (χ3n) is 12.4. The van der Waals surface area contributed by atoms with Crippen molar-refractivity contribution in [2.75, 3.05) is 13.7 Å². The second kappa shape index (κ2) is 14.4. The minimum atomic E-state index is -0.622. The zero-order valence-electron chi connectivity index (χ0n) is 29.4. The zero-order chi connectivity index (χ0) is 34.1. The third kappa shape index (κ3) is 7.09. The Labute approximate surface area is 285 Å². The van der Waals surface area contributed by atoms with Crippen molar-refractivity contribution >= 4 is 17.7 Å². The number of hydrogen-bond acceptors (Lipinski definition) is 9. The van der Waals surface area contributed by atoms with Crippen LogP contribution in [0.3, 0.4) is 0 Å². The second-order valence-electron chi connectivity index (χ2n) is 15.1. The van der Waals surface area contributed by atoms with Gasteiger partial charge in [0.15, 0.2) is 6.29 Å². The van der Waals surface area contributed by atoms with Crippen molar-refractivity contribution in [1.29, 1.82) is 0 Å². The molecule has 6 rings (SSSR count). The van der Waals surface area contributed by atoms with Gasteiger partial charge in [0.1, 0.15) is 31.2 Å². The van der Waals surface area contributed by atoms with Crippen molar-refractivity contribution in [3.8, 4) is 5.75 Å². The van der Waals surface area contributed by atoms with Crippen LogP contribution in [0.15, 0.2) is 53.2 Å². The maximum atomic E-state index is 11.6. The number of esters is 2. The van der Waals surface area contributed by atoms with Gasteiger partial charge in [-0.1, -0.05) is 42.8 Å². The van der Waals surface area contributed by atoms with E-state index in [2.05, 4.69) is 32.0 Å². The molecule has 0 aromatic heterocycles. The molecular formula is C39H53NO8. The maximum absolute atomic E-state index is 11.6. The normalized spacial score (nSPS) is 37.4. The van der Waals surface area contributed by atoms with Gasteiger partial charge < -0.3 is 28.5 Å². The van der Waals surface area contributed by atoms with Crippen LogP contribution in [0.4, 0.5) is 0 Å². The first-order valence-electron chi connectivity index (χ1n) is 17.8. The van der Waals surface area contributed by atoms with Crippen molar-refractivity contribution in [3.05, 3.63) is 53.6 Å². The van der Waals surface area contributed by atoms with Crippen molar-refractivity contribution < 1.29 is 38.1 Å². The summed E-state index contributed by atoms with van der Waals surface area (Å²) in [7, 11) is 1.68. The highest BCUT2D eigenvalue weighted by Crippen LogP contribution is 2.66. The lowest BCUT2D eigenvalue weighted by molar-refractivity contribution is -0.213. The Bertz CT molecular complexity index is 1420. The highest BCUT2D eigenvalue weighted by Gasteiger charge is 2.59. The van der Waals surface area contributed by atoms with Crippen LogP contribution in [0.2, 0.25) is 0 Å². The number of oxime groups is 1. The number of rotatable bonds is 10.